The Labute approximate surface area is 94.0 Å². The Hall–Kier alpha value is 2.09. The molecule has 0 atom stereocenters. The van der Waals surface area contributed by atoms with Crippen LogP contribution in [0.4, 0.5) is 0 Å². The Morgan fingerprint density at radius 1 is 1.14 bits per heavy atom. The Balaban J connectivity index is -0.0000000800. The van der Waals surface area contributed by atoms with Gasteiger partial charge in [0.2, 0.25) is 0 Å². The SMILES string of the molecule is O=S(=O)([O-])[O-].[Nb+5].[Sr+2]. The molecular weight excluding hydrogens is 277 g/mol. The normalized spacial score (nSPS) is 8.29. The van der Waals surface area contributed by atoms with E-state index in [-0.39, 0.29) is 67.9 Å². The van der Waals surface area contributed by atoms with Crippen molar-refractivity contribution in [1.29, 1.82) is 0 Å². The Kier molecular flexibility index (Phi) is 14.2. The minimum absolute atomic E-state index is 0. The topological polar surface area (TPSA) is 80.3 Å². The van der Waals surface area contributed by atoms with Gasteiger partial charge in [0.15, 0.2) is 0 Å². The fourth-order valence-corrected chi connectivity index (χ4v) is 0. The fourth-order valence-electron chi connectivity index (χ4n) is 0. The van der Waals surface area contributed by atoms with Crippen LogP contribution < -0.4 is 0 Å². The molecule has 0 aromatic rings. The van der Waals surface area contributed by atoms with E-state index in [0.717, 1.165) is 0 Å². The van der Waals surface area contributed by atoms with Crippen LogP contribution in [-0.4, -0.2) is 63.0 Å². The molecule has 0 spiro atoms. The molecule has 0 aliphatic rings. The predicted molar refractivity (Wildman–Crippen MR) is 16.2 cm³/mol. The van der Waals surface area contributed by atoms with Gasteiger partial charge < -0.3 is 9.11 Å². The first kappa shape index (κ1) is 16.0. The maximum atomic E-state index is 8.52. The van der Waals surface area contributed by atoms with Crippen LogP contribution in [0.2, 0.25) is 0 Å². The quantitative estimate of drug-likeness (QED) is 0.299. The molecule has 0 rings (SSSR count). The van der Waals surface area contributed by atoms with Gasteiger partial charge in [-0.3, -0.25) is 8.42 Å². The summed E-state index contributed by atoms with van der Waals surface area (Å²) in [5.41, 5.74) is 0. The third-order valence-corrected chi connectivity index (χ3v) is 0. The van der Waals surface area contributed by atoms with Gasteiger partial charge in [0.05, 0.1) is 0 Å². The van der Waals surface area contributed by atoms with Gasteiger partial charge >= 0.3 is 67.9 Å². The predicted octanol–water partition coefficient (Wildman–Crippen LogP) is -1.72. The summed E-state index contributed by atoms with van der Waals surface area (Å²) in [6, 6.07) is 0. The van der Waals surface area contributed by atoms with Gasteiger partial charge in [0.1, 0.15) is 0 Å². The minimum Gasteiger partial charge on any atom is -0.759 e. The molecule has 0 bridgehead atoms. The van der Waals surface area contributed by atoms with Crippen LogP contribution in [0, 0.1) is 0 Å². The maximum Gasteiger partial charge on any atom is 5.00 e. The second-order valence-electron chi connectivity index (χ2n) is 0.408. The van der Waals surface area contributed by atoms with E-state index in [9.17, 15) is 0 Å². The average molecular weight is 277 g/mol. The summed E-state index contributed by atoms with van der Waals surface area (Å²) in [4.78, 5) is 0. The van der Waals surface area contributed by atoms with Gasteiger partial charge in [0, 0.05) is 10.4 Å². The molecule has 7 heteroatoms. The van der Waals surface area contributed by atoms with E-state index in [2.05, 4.69) is 0 Å². The molecule has 0 N–H and O–H groups in total. The van der Waals surface area contributed by atoms with Crippen LogP contribution in [0.1, 0.15) is 0 Å². The Morgan fingerprint density at radius 3 is 1.14 bits per heavy atom. The summed E-state index contributed by atoms with van der Waals surface area (Å²) in [6.45, 7) is 0. The molecule has 0 unspecified atom stereocenters. The van der Waals surface area contributed by atoms with E-state index in [1.807, 2.05) is 0 Å². The van der Waals surface area contributed by atoms with Crippen molar-refractivity contribution in [3.05, 3.63) is 0 Å². The molecule has 0 amide bonds. The average Bonchev–Trinajstić information content (AvgIpc) is 0.722. The Bertz CT molecular complexity index is 94.9. The van der Waals surface area contributed by atoms with Crippen LogP contribution in [-0.2, 0) is 32.8 Å². The third kappa shape index (κ3) is 68.7. The maximum absolute atomic E-state index is 8.52. The van der Waals surface area contributed by atoms with Crippen molar-refractivity contribution in [2.45, 2.75) is 0 Å². The number of rotatable bonds is 0. The summed E-state index contributed by atoms with van der Waals surface area (Å²) in [5.74, 6) is 0. The number of hydrogen-bond donors (Lipinski definition) is 0. The molecule has 32 valence electrons. The smallest absolute Gasteiger partial charge is 0.759 e. The van der Waals surface area contributed by atoms with Gasteiger partial charge in [-0.1, -0.05) is 0 Å². The fraction of sp³-hybridized carbons (Fsp3) is 0. The zero-order chi connectivity index (χ0) is 4.50. The molecule has 0 aromatic carbocycles. The molecule has 0 heterocycles. The van der Waals surface area contributed by atoms with Crippen molar-refractivity contribution in [1.82, 2.24) is 0 Å². The summed E-state index contributed by atoms with van der Waals surface area (Å²) in [7, 11) is -5.17. The van der Waals surface area contributed by atoms with E-state index >= 15 is 0 Å². The van der Waals surface area contributed by atoms with Crippen LogP contribution in [0.3, 0.4) is 0 Å². The van der Waals surface area contributed by atoms with Crippen LogP contribution in [0.15, 0.2) is 0 Å². The first-order valence-corrected chi connectivity index (χ1v) is 2.00. The van der Waals surface area contributed by atoms with E-state index in [1.54, 1.807) is 0 Å². The van der Waals surface area contributed by atoms with Gasteiger partial charge in [-0.2, -0.15) is 0 Å². The van der Waals surface area contributed by atoms with Crippen molar-refractivity contribution in [3.8, 4) is 0 Å². The summed E-state index contributed by atoms with van der Waals surface area (Å²) in [6.07, 6.45) is 0. The standard InChI is InChI=1S/Nb.H2O4S.Sr/c;1-5(2,3)4;/h;(H2,1,2,3,4);/q+5;;+2/p-2. The zero-order valence-corrected chi connectivity index (χ0v) is 9.69. The van der Waals surface area contributed by atoms with Crippen molar-refractivity contribution < 1.29 is 39.9 Å². The largest absolute Gasteiger partial charge is 5.00 e. The number of hydrogen-bond acceptors (Lipinski definition) is 4. The van der Waals surface area contributed by atoms with Gasteiger partial charge in [0.25, 0.3) is 0 Å². The van der Waals surface area contributed by atoms with Gasteiger partial charge in [-0.15, -0.1) is 0 Å². The monoisotopic (exact) mass is 277 g/mol. The Morgan fingerprint density at radius 2 is 1.14 bits per heavy atom. The molecule has 0 aliphatic carbocycles. The second kappa shape index (κ2) is 6.21. The van der Waals surface area contributed by atoms with Crippen LogP contribution in [0.25, 0.3) is 0 Å². The van der Waals surface area contributed by atoms with Crippen molar-refractivity contribution in [2.75, 3.05) is 0 Å². The molecule has 7 heavy (non-hydrogen) atoms. The molecule has 0 aliphatic heterocycles. The molecule has 0 radical (unpaired) electrons. The zero-order valence-electron chi connectivity index (χ0n) is 3.20. The molecule has 0 aromatic heterocycles. The van der Waals surface area contributed by atoms with Crippen molar-refractivity contribution in [3.63, 3.8) is 0 Å². The van der Waals surface area contributed by atoms with Crippen molar-refractivity contribution in [2.24, 2.45) is 0 Å². The minimum atomic E-state index is -5.17. The summed E-state index contributed by atoms with van der Waals surface area (Å²) in [5, 5.41) is 0. The molecule has 0 fully saturated rings. The molecular formula is NbO4SSr+5. The van der Waals surface area contributed by atoms with Crippen molar-refractivity contribution >= 4 is 55.9 Å². The van der Waals surface area contributed by atoms with Crippen LogP contribution in [0.5, 0.6) is 0 Å². The summed E-state index contributed by atoms with van der Waals surface area (Å²) < 4.78 is 34.1. The summed E-state index contributed by atoms with van der Waals surface area (Å²) >= 11 is 0. The third-order valence-electron chi connectivity index (χ3n) is 0. The van der Waals surface area contributed by atoms with E-state index in [1.165, 1.54) is 0 Å². The first-order valence-electron chi connectivity index (χ1n) is 0.667. The first-order chi connectivity index (χ1) is 2.00. The van der Waals surface area contributed by atoms with Gasteiger partial charge in [-0.25, -0.2) is 0 Å². The molecule has 0 saturated heterocycles. The van der Waals surface area contributed by atoms with E-state index in [4.69, 9.17) is 17.5 Å². The van der Waals surface area contributed by atoms with E-state index < -0.39 is 10.4 Å². The van der Waals surface area contributed by atoms with Gasteiger partial charge in [-0.05, 0) is 0 Å². The molecule has 4 nitrogen and oxygen atoms in total. The van der Waals surface area contributed by atoms with Crippen LogP contribution >= 0.6 is 0 Å². The molecule has 0 saturated carbocycles. The van der Waals surface area contributed by atoms with E-state index in [0.29, 0.717) is 0 Å². The second-order valence-corrected chi connectivity index (χ2v) is 1.22.